The summed E-state index contributed by atoms with van der Waals surface area (Å²) in [4.78, 5) is 23.3. The van der Waals surface area contributed by atoms with E-state index in [9.17, 15) is 9.59 Å². The van der Waals surface area contributed by atoms with Crippen LogP contribution in [0.3, 0.4) is 0 Å². The van der Waals surface area contributed by atoms with Crippen LogP contribution in [-0.2, 0) is 9.53 Å². The molecule has 0 fully saturated rings. The number of benzene rings is 2. The monoisotopic (exact) mass is 354 g/mol. The fourth-order valence-electron chi connectivity index (χ4n) is 2.10. The molecule has 136 valence electrons. The van der Waals surface area contributed by atoms with Crippen molar-refractivity contribution in [3.63, 3.8) is 0 Å². The molecule has 2 aromatic carbocycles. The molecule has 0 aromatic heterocycles. The third-order valence-electron chi connectivity index (χ3n) is 3.55. The van der Waals surface area contributed by atoms with Crippen molar-refractivity contribution in [3.05, 3.63) is 65.7 Å². The predicted octanol–water partition coefficient (Wildman–Crippen LogP) is 4.27. The van der Waals surface area contributed by atoms with E-state index in [-0.39, 0.29) is 0 Å². The largest absolute Gasteiger partial charge is 0.494 e. The normalized spacial score (nSPS) is 10.5. The summed E-state index contributed by atoms with van der Waals surface area (Å²) in [6.07, 6.45) is 5.03. The van der Waals surface area contributed by atoms with Gasteiger partial charge in [-0.3, -0.25) is 0 Å². The molecular weight excluding hydrogens is 332 g/mol. The molecule has 0 spiro atoms. The fourth-order valence-corrected chi connectivity index (χ4v) is 2.10. The number of esters is 2. The fraction of sp³-hybridized carbons (Fsp3) is 0.238. The highest BCUT2D eigenvalue weighted by atomic mass is 16.5. The van der Waals surface area contributed by atoms with E-state index >= 15 is 0 Å². The van der Waals surface area contributed by atoms with E-state index < -0.39 is 11.9 Å². The molecule has 2 rings (SSSR count). The lowest BCUT2D eigenvalue weighted by Gasteiger charge is -2.06. The van der Waals surface area contributed by atoms with Gasteiger partial charge in [-0.2, -0.15) is 0 Å². The molecule has 5 heteroatoms. The van der Waals surface area contributed by atoms with E-state index in [0.29, 0.717) is 17.9 Å². The molecule has 0 N–H and O–H groups in total. The number of carbonyl (C=O) groups excluding carboxylic acids is 2. The molecule has 0 aliphatic rings. The molecular formula is C21H22O5. The highest BCUT2D eigenvalue weighted by molar-refractivity contribution is 5.90. The van der Waals surface area contributed by atoms with Crippen molar-refractivity contribution in [2.45, 2.75) is 19.8 Å². The van der Waals surface area contributed by atoms with Crippen LogP contribution in [0.25, 0.3) is 6.08 Å². The summed E-state index contributed by atoms with van der Waals surface area (Å²) in [5.74, 6) is 0.312. The number of ether oxygens (including phenoxy) is 3. The van der Waals surface area contributed by atoms with Gasteiger partial charge in [0.2, 0.25) is 0 Å². The first-order valence-electron chi connectivity index (χ1n) is 8.43. The van der Waals surface area contributed by atoms with Gasteiger partial charge in [-0.15, -0.1) is 0 Å². The summed E-state index contributed by atoms with van der Waals surface area (Å²) < 4.78 is 15.4. The molecule has 0 aliphatic carbocycles. The molecule has 0 saturated heterocycles. The van der Waals surface area contributed by atoms with Gasteiger partial charge in [0.1, 0.15) is 11.5 Å². The van der Waals surface area contributed by atoms with Gasteiger partial charge in [0, 0.05) is 6.08 Å². The summed E-state index contributed by atoms with van der Waals surface area (Å²) in [7, 11) is 1.33. The van der Waals surface area contributed by atoms with Crippen molar-refractivity contribution in [2.24, 2.45) is 0 Å². The molecule has 0 amide bonds. The second-order valence-electron chi connectivity index (χ2n) is 5.54. The van der Waals surface area contributed by atoms with Crippen LogP contribution in [0.5, 0.6) is 11.5 Å². The number of unbranched alkanes of at least 4 members (excludes halogenated alkanes) is 1. The van der Waals surface area contributed by atoms with Crippen LogP contribution in [0, 0.1) is 0 Å². The summed E-state index contributed by atoms with van der Waals surface area (Å²) >= 11 is 0. The van der Waals surface area contributed by atoms with Crippen molar-refractivity contribution in [1.29, 1.82) is 0 Å². The predicted molar refractivity (Wildman–Crippen MR) is 99.3 cm³/mol. The van der Waals surface area contributed by atoms with Crippen molar-refractivity contribution < 1.29 is 23.8 Å². The number of hydrogen-bond donors (Lipinski definition) is 0. The Morgan fingerprint density at radius 3 is 2.23 bits per heavy atom. The molecule has 0 aliphatic heterocycles. The lowest BCUT2D eigenvalue weighted by atomic mass is 10.1. The third-order valence-corrected chi connectivity index (χ3v) is 3.55. The highest BCUT2D eigenvalue weighted by Gasteiger charge is 2.04. The Bertz CT molecular complexity index is 745. The highest BCUT2D eigenvalue weighted by Crippen LogP contribution is 2.18. The first-order chi connectivity index (χ1) is 12.6. The van der Waals surface area contributed by atoms with Gasteiger partial charge in [-0.1, -0.05) is 25.5 Å². The van der Waals surface area contributed by atoms with Crippen LogP contribution in [-0.4, -0.2) is 25.7 Å². The summed E-state index contributed by atoms with van der Waals surface area (Å²) in [6.45, 7) is 2.78. The molecule has 0 saturated carbocycles. The van der Waals surface area contributed by atoms with Gasteiger partial charge >= 0.3 is 11.9 Å². The molecule has 0 heterocycles. The van der Waals surface area contributed by atoms with E-state index in [0.717, 1.165) is 24.2 Å². The van der Waals surface area contributed by atoms with E-state index in [4.69, 9.17) is 9.47 Å². The minimum atomic E-state index is -0.485. The minimum Gasteiger partial charge on any atom is -0.494 e. The van der Waals surface area contributed by atoms with Gasteiger partial charge in [0.05, 0.1) is 19.3 Å². The first kappa shape index (κ1) is 19.2. The van der Waals surface area contributed by atoms with Crippen LogP contribution in [0.15, 0.2) is 54.6 Å². The zero-order valence-electron chi connectivity index (χ0n) is 14.9. The van der Waals surface area contributed by atoms with E-state index in [1.165, 1.54) is 13.2 Å². The zero-order valence-corrected chi connectivity index (χ0v) is 14.9. The van der Waals surface area contributed by atoms with E-state index in [1.807, 2.05) is 0 Å². The van der Waals surface area contributed by atoms with Gasteiger partial charge in [-0.25, -0.2) is 9.59 Å². The van der Waals surface area contributed by atoms with Crippen molar-refractivity contribution in [1.82, 2.24) is 0 Å². The Morgan fingerprint density at radius 2 is 1.62 bits per heavy atom. The smallest absolute Gasteiger partial charge is 0.337 e. The SMILES string of the molecule is CCCCOc1ccc(OC(=O)C=Cc2ccc(C(=O)OC)cc2)cc1. The maximum absolute atomic E-state index is 11.9. The molecule has 26 heavy (non-hydrogen) atoms. The zero-order chi connectivity index (χ0) is 18.8. The van der Waals surface area contributed by atoms with Crippen molar-refractivity contribution >= 4 is 18.0 Å². The molecule has 0 bridgehead atoms. The summed E-state index contributed by atoms with van der Waals surface area (Å²) in [5, 5.41) is 0. The summed E-state index contributed by atoms with van der Waals surface area (Å²) in [6, 6.07) is 13.6. The lowest BCUT2D eigenvalue weighted by molar-refractivity contribution is -0.128. The van der Waals surface area contributed by atoms with Gasteiger partial charge in [-0.05, 0) is 54.5 Å². The number of hydrogen-bond acceptors (Lipinski definition) is 5. The number of methoxy groups -OCH3 is 1. The molecule has 0 unspecified atom stereocenters. The van der Waals surface area contributed by atoms with Crippen molar-refractivity contribution in [2.75, 3.05) is 13.7 Å². The Morgan fingerprint density at radius 1 is 0.962 bits per heavy atom. The minimum absolute atomic E-state index is 0.401. The average Bonchev–Trinajstić information content (AvgIpc) is 2.68. The second kappa shape index (κ2) is 10.0. The standard InChI is InChI=1S/C21H22O5/c1-3-4-15-25-18-10-12-19(13-11-18)26-20(22)14-7-16-5-8-17(9-6-16)21(23)24-2/h5-14H,3-4,15H2,1-2H3. The van der Waals surface area contributed by atoms with E-state index in [2.05, 4.69) is 11.7 Å². The average molecular weight is 354 g/mol. The van der Waals surface area contributed by atoms with Crippen LogP contribution in [0.2, 0.25) is 0 Å². The van der Waals surface area contributed by atoms with Crippen LogP contribution in [0.4, 0.5) is 0 Å². The molecule has 0 atom stereocenters. The lowest BCUT2D eigenvalue weighted by Crippen LogP contribution is -2.04. The summed E-state index contributed by atoms with van der Waals surface area (Å²) in [5.41, 5.74) is 1.22. The topological polar surface area (TPSA) is 61.8 Å². The Labute approximate surface area is 153 Å². The van der Waals surface area contributed by atoms with Gasteiger partial charge < -0.3 is 14.2 Å². The molecule has 0 radical (unpaired) electrons. The number of carbonyl (C=O) groups is 2. The molecule has 5 nitrogen and oxygen atoms in total. The molecule has 2 aromatic rings. The van der Waals surface area contributed by atoms with Crippen molar-refractivity contribution in [3.8, 4) is 11.5 Å². The third kappa shape index (κ3) is 6.09. The maximum Gasteiger partial charge on any atom is 0.337 e. The van der Waals surface area contributed by atoms with Gasteiger partial charge in [0.15, 0.2) is 0 Å². The van der Waals surface area contributed by atoms with Crippen LogP contribution in [0.1, 0.15) is 35.7 Å². The van der Waals surface area contributed by atoms with Crippen LogP contribution >= 0.6 is 0 Å². The Hall–Kier alpha value is -3.08. The second-order valence-corrected chi connectivity index (χ2v) is 5.54. The quantitative estimate of drug-likeness (QED) is 0.307. The maximum atomic E-state index is 11.9. The van der Waals surface area contributed by atoms with E-state index in [1.54, 1.807) is 54.6 Å². The number of rotatable bonds is 8. The van der Waals surface area contributed by atoms with Crippen LogP contribution < -0.4 is 9.47 Å². The first-order valence-corrected chi connectivity index (χ1v) is 8.43. The Balaban J connectivity index is 1.87. The Kier molecular flexibility index (Phi) is 7.43. The van der Waals surface area contributed by atoms with Gasteiger partial charge in [0.25, 0.3) is 0 Å².